The number of likely N-dealkylation sites (N-methyl/N-ethyl adjacent to an activating group) is 1. The van der Waals surface area contributed by atoms with Crippen LogP contribution in [0, 0.1) is 5.41 Å². The van der Waals surface area contributed by atoms with Crippen molar-refractivity contribution in [1.29, 1.82) is 0 Å². The predicted molar refractivity (Wildman–Crippen MR) is 93.5 cm³/mol. The van der Waals surface area contributed by atoms with E-state index in [0.29, 0.717) is 5.41 Å². The van der Waals surface area contributed by atoms with E-state index in [1.54, 1.807) is 0 Å². The summed E-state index contributed by atoms with van der Waals surface area (Å²) in [5.41, 5.74) is 3.10. The molecule has 3 nitrogen and oxygen atoms in total. The molecule has 0 aliphatic carbocycles. The molecule has 1 aliphatic heterocycles. The molecule has 0 saturated heterocycles. The van der Waals surface area contributed by atoms with E-state index >= 15 is 0 Å². The molecule has 0 aromatic heterocycles. The summed E-state index contributed by atoms with van der Waals surface area (Å²) in [5, 5.41) is 3.56. The highest BCUT2D eigenvalue weighted by Crippen LogP contribution is 2.35. The highest BCUT2D eigenvalue weighted by atomic mass is 15.3. The van der Waals surface area contributed by atoms with E-state index in [4.69, 9.17) is 0 Å². The van der Waals surface area contributed by atoms with Crippen LogP contribution in [-0.4, -0.2) is 39.8 Å². The highest BCUT2D eigenvalue weighted by Gasteiger charge is 2.29. The smallest absolute Gasteiger partial charge is 0.0604 e. The summed E-state index contributed by atoms with van der Waals surface area (Å²) in [5.74, 6) is 0. The molecule has 2 rings (SSSR count). The van der Waals surface area contributed by atoms with Crippen molar-refractivity contribution in [1.82, 2.24) is 5.32 Å². The van der Waals surface area contributed by atoms with Gasteiger partial charge in [0.25, 0.3) is 0 Å². The first-order valence-electron chi connectivity index (χ1n) is 8.35. The van der Waals surface area contributed by atoms with Crippen LogP contribution >= 0.6 is 0 Å². The van der Waals surface area contributed by atoms with Crippen molar-refractivity contribution < 1.29 is 0 Å². The van der Waals surface area contributed by atoms with Crippen molar-refractivity contribution in [3.05, 3.63) is 24.3 Å². The largest absolute Gasteiger partial charge is 0.371 e. The number of fused-ring (bicyclic) bond motifs is 1. The van der Waals surface area contributed by atoms with Gasteiger partial charge in [-0.2, -0.15) is 0 Å². The Balaban J connectivity index is 2.16. The minimum absolute atomic E-state index is 0.341. The van der Waals surface area contributed by atoms with E-state index in [9.17, 15) is 0 Å². The maximum absolute atomic E-state index is 3.56. The average molecular weight is 289 g/mol. The summed E-state index contributed by atoms with van der Waals surface area (Å²) >= 11 is 0. The zero-order valence-electron chi connectivity index (χ0n) is 14.2. The van der Waals surface area contributed by atoms with Crippen LogP contribution in [0.3, 0.4) is 0 Å². The molecule has 118 valence electrons. The van der Waals surface area contributed by atoms with E-state index in [0.717, 1.165) is 32.7 Å². The fourth-order valence-corrected chi connectivity index (χ4v) is 3.44. The van der Waals surface area contributed by atoms with Crippen LogP contribution < -0.4 is 15.1 Å². The first-order valence-corrected chi connectivity index (χ1v) is 8.35. The first-order chi connectivity index (χ1) is 10.1. The lowest BCUT2D eigenvalue weighted by molar-refractivity contribution is 0.282. The number of nitrogens with zero attached hydrogens (tertiary/aromatic N) is 2. The topological polar surface area (TPSA) is 18.5 Å². The number of para-hydroxylation sites is 2. The molecule has 0 bridgehead atoms. The SMILES string of the molecule is CCCC(C)(CNCC)CN1CCN(C)c2ccccc21. The summed E-state index contributed by atoms with van der Waals surface area (Å²) in [7, 11) is 2.19. The highest BCUT2D eigenvalue weighted by molar-refractivity contribution is 5.73. The van der Waals surface area contributed by atoms with Crippen LogP contribution in [0.5, 0.6) is 0 Å². The Kier molecular flexibility index (Phi) is 5.51. The molecular weight excluding hydrogens is 258 g/mol. The lowest BCUT2D eigenvalue weighted by Crippen LogP contribution is -2.47. The Bertz CT molecular complexity index is 446. The maximum atomic E-state index is 3.56. The summed E-state index contributed by atoms with van der Waals surface area (Å²) in [4.78, 5) is 4.95. The predicted octanol–water partition coefficient (Wildman–Crippen LogP) is 3.36. The van der Waals surface area contributed by atoms with Gasteiger partial charge in [0, 0.05) is 33.2 Å². The fourth-order valence-electron chi connectivity index (χ4n) is 3.44. The average Bonchev–Trinajstić information content (AvgIpc) is 2.49. The lowest BCUT2D eigenvalue weighted by Gasteiger charge is -2.42. The van der Waals surface area contributed by atoms with Gasteiger partial charge in [0.05, 0.1) is 11.4 Å². The molecule has 3 heteroatoms. The third-order valence-electron chi connectivity index (χ3n) is 4.57. The summed E-state index contributed by atoms with van der Waals surface area (Å²) in [6.07, 6.45) is 2.52. The molecule has 1 unspecified atom stereocenters. The number of rotatable bonds is 7. The molecule has 0 spiro atoms. The van der Waals surface area contributed by atoms with Crippen LogP contribution in [0.15, 0.2) is 24.3 Å². The molecule has 1 atom stereocenters. The van der Waals surface area contributed by atoms with E-state index in [-0.39, 0.29) is 0 Å². The van der Waals surface area contributed by atoms with Gasteiger partial charge in [-0.3, -0.25) is 0 Å². The second-order valence-electron chi connectivity index (χ2n) is 6.67. The Labute approximate surface area is 130 Å². The monoisotopic (exact) mass is 289 g/mol. The van der Waals surface area contributed by atoms with Gasteiger partial charge in [-0.1, -0.05) is 39.3 Å². The molecule has 0 fully saturated rings. The van der Waals surface area contributed by atoms with Crippen LogP contribution in [0.1, 0.15) is 33.6 Å². The van der Waals surface area contributed by atoms with Gasteiger partial charge < -0.3 is 15.1 Å². The minimum atomic E-state index is 0.341. The first kappa shape index (κ1) is 16.2. The van der Waals surface area contributed by atoms with Crippen molar-refractivity contribution in [2.45, 2.75) is 33.6 Å². The van der Waals surface area contributed by atoms with Crippen LogP contribution in [0.4, 0.5) is 11.4 Å². The molecule has 1 aromatic rings. The Morgan fingerprint density at radius 1 is 1.14 bits per heavy atom. The maximum Gasteiger partial charge on any atom is 0.0604 e. The van der Waals surface area contributed by atoms with Gasteiger partial charge >= 0.3 is 0 Å². The Hall–Kier alpha value is -1.22. The second-order valence-corrected chi connectivity index (χ2v) is 6.67. The Morgan fingerprint density at radius 3 is 2.52 bits per heavy atom. The van der Waals surface area contributed by atoms with Gasteiger partial charge in [-0.15, -0.1) is 0 Å². The van der Waals surface area contributed by atoms with Crippen LogP contribution in [0.25, 0.3) is 0 Å². The van der Waals surface area contributed by atoms with Gasteiger partial charge in [0.2, 0.25) is 0 Å². The molecule has 1 heterocycles. The van der Waals surface area contributed by atoms with E-state index < -0.39 is 0 Å². The van der Waals surface area contributed by atoms with Crippen molar-refractivity contribution in [3.8, 4) is 0 Å². The van der Waals surface area contributed by atoms with Gasteiger partial charge in [0.15, 0.2) is 0 Å². The zero-order valence-corrected chi connectivity index (χ0v) is 14.2. The lowest BCUT2D eigenvalue weighted by atomic mass is 9.84. The number of hydrogen-bond donors (Lipinski definition) is 1. The van der Waals surface area contributed by atoms with Gasteiger partial charge in [-0.05, 0) is 30.5 Å². The second kappa shape index (κ2) is 7.17. The van der Waals surface area contributed by atoms with Crippen molar-refractivity contribution >= 4 is 11.4 Å². The third kappa shape index (κ3) is 3.91. The van der Waals surface area contributed by atoms with Crippen LogP contribution in [-0.2, 0) is 0 Å². The fraction of sp³-hybridized carbons (Fsp3) is 0.667. The van der Waals surface area contributed by atoms with E-state index in [1.807, 2.05) is 0 Å². The van der Waals surface area contributed by atoms with Crippen molar-refractivity contribution in [3.63, 3.8) is 0 Å². The molecule has 0 radical (unpaired) electrons. The molecular formula is C18H31N3. The number of anilines is 2. The minimum Gasteiger partial charge on any atom is -0.371 e. The number of benzene rings is 1. The van der Waals surface area contributed by atoms with E-state index in [2.05, 4.69) is 67.2 Å². The summed E-state index contributed by atoms with van der Waals surface area (Å²) in [6.45, 7) is 12.4. The molecule has 0 amide bonds. The molecule has 1 aliphatic rings. The molecule has 1 aromatic carbocycles. The van der Waals surface area contributed by atoms with Crippen LogP contribution in [0.2, 0.25) is 0 Å². The normalized spacial score (nSPS) is 17.5. The Morgan fingerprint density at radius 2 is 1.86 bits per heavy atom. The van der Waals surface area contributed by atoms with E-state index in [1.165, 1.54) is 24.2 Å². The summed E-state index contributed by atoms with van der Waals surface area (Å²) < 4.78 is 0. The van der Waals surface area contributed by atoms with Gasteiger partial charge in [-0.25, -0.2) is 0 Å². The number of hydrogen-bond acceptors (Lipinski definition) is 3. The number of nitrogens with one attached hydrogen (secondary N) is 1. The standard InChI is InChI=1S/C18H31N3/c1-5-11-18(3,14-19-6-2)15-21-13-12-20(4)16-9-7-8-10-17(16)21/h7-10,19H,5-6,11-15H2,1-4H3. The molecule has 1 N–H and O–H groups in total. The molecule has 0 saturated carbocycles. The quantitative estimate of drug-likeness (QED) is 0.830. The third-order valence-corrected chi connectivity index (χ3v) is 4.57. The zero-order chi connectivity index (χ0) is 15.3. The summed E-state index contributed by atoms with van der Waals surface area (Å²) in [6, 6.07) is 8.81. The van der Waals surface area contributed by atoms with Crippen molar-refractivity contribution in [2.75, 3.05) is 49.6 Å². The van der Waals surface area contributed by atoms with Gasteiger partial charge in [0.1, 0.15) is 0 Å². The van der Waals surface area contributed by atoms with Crippen molar-refractivity contribution in [2.24, 2.45) is 5.41 Å². The molecule has 21 heavy (non-hydrogen) atoms.